The van der Waals surface area contributed by atoms with Gasteiger partial charge in [0.05, 0.1) is 5.56 Å². The number of hydrogen-bond donors (Lipinski definition) is 3. The highest BCUT2D eigenvalue weighted by Crippen LogP contribution is 2.33. The summed E-state index contributed by atoms with van der Waals surface area (Å²) in [6.45, 7) is 2.62. The number of hydrogen-bond acceptors (Lipinski definition) is 6. The van der Waals surface area contributed by atoms with E-state index in [-0.39, 0.29) is 5.91 Å². The van der Waals surface area contributed by atoms with Crippen molar-refractivity contribution in [3.05, 3.63) is 66.1 Å². The molecule has 0 aliphatic carbocycles. The van der Waals surface area contributed by atoms with E-state index in [1.54, 1.807) is 12.4 Å². The Morgan fingerprint density at radius 3 is 2.52 bits per heavy atom. The molecule has 0 atom stereocenters. The molecule has 5 rings (SSSR count). The first kappa shape index (κ1) is 19.5. The Hall–Kier alpha value is -3.45. The third-order valence-electron chi connectivity index (χ3n) is 6.23. The van der Waals surface area contributed by atoms with Crippen molar-refractivity contribution < 1.29 is 4.79 Å². The summed E-state index contributed by atoms with van der Waals surface area (Å²) in [7, 11) is 2.04. The van der Waals surface area contributed by atoms with E-state index < -0.39 is 0 Å². The van der Waals surface area contributed by atoms with Crippen LogP contribution in [0.1, 0.15) is 28.8 Å². The van der Waals surface area contributed by atoms with Crippen LogP contribution in [0.25, 0.3) is 11.1 Å². The van der Waals surface area contributed by atoms with Gasteiger partial charge < -0.3 is 20.9 Å². The van der Waals surface area contributed by atoms with Crippen molar-refractivity contribution in [2.75, 3.05) is 30.4 Å². The molecule has 4 heterocycles. The number of pyridine rings is 2. The number of carbonyl (C=O) groups excluding carboxylic acids is 1. The summed E-state index contributed by atoms with van der Waals surface area (Å²) in [6.07, 6.45) is 7.65. The third kappa shape index (κ3) is 3.84. The van der Waals surface area contributed by atoms with Crippen LogP contribution in [0.5, 0.6) is 0 Å². The second kappa shape index (κ2) is 8.35. The van der Waals surface area contributed by atoms with Gasteiger partial charge in [-0.3, -0.25) is 9.78 Å². The summed E-state index contributed by atoms with van der Waals surface area (Å²) < 4.78 is 0. The van der Waals surface area contributed by atoms with E-state index in [9.17, 15) is 4.79 Å². The summed E-state index contributed by atoms with van der Waals surface area (Å²) in [5.74, 6) is 0.496. The maximum atomic E-state index is 12.6. The lowest BCUT2D eigenvalue weighted by molar-refractivity contribution is 0.0966. The maximum absolute atomic E-state index is 12.6. The van der Waals surface area contributed by atoms with Gasteiger partial charge in [-0.25, -0.2) is 4.98 Å². The molecule has 1 aromatic carbocycles. The van der Waals surface area contributed by atoms with Crippen molar-refractivity contribution in [3.63, 3.8) is 0 Å². The minimum absolute atomic E-state index is 0.0927. The highest BCUT2D eigenvalue weighted by Gasteiger charge is 2.27. The Labute approximate surface area is 181 Å². The van der Waals surface area contributed by atoms with Crippen molar-refractivity contribution in [2.24, 2.45) is 0 Å². The van der Waals surface area contributed by atoms with E-state index in [1.807, 2.05) is 25.4 Å². The number of benzene rings is 1. The summed E-state index contributed by atoms with van der Waals surface area (Å²) >= 11 is 0. The molecule has 0 bridgehead atoms. The number of rotatable bonds is 5. The fraction of sp³-hybridized carbons (Fsp3) is 0.292. The van der Waals surface area contributed by atoms with Crippen molar-refractivity contribution in [1.82, 2.24) is 20.6 Å². The first-order chi connectivity index (χ1) is 15.2. The summed E-state index contributed by atoms with van der Waals surface area (Å²) in [6, 6.07) is 12.9. The molecule has 0 unspecified atom stereocenters. The Bertz CT molecular complexity index is 1080. The van der Waals surface area contributed by atoms with Gasteiger partial charge in [0.1, 0.15) is 5.82 Å². The van der Waals surface area contributed by atoms with Crippen LogP contribution >= 0.6 is 0 Å². The van der Waals surface area contributed by atoms with Crippen molar-refractivity contribution in [1.29, 1.82) is 0 Å². The molecule has 0 saturated carbocycles. The molecular formula is C24H26N6O. The smallest absolute Gasteiger partial charge is 0.255 e. The van der Waals surface area contributed by atoms with Crippen LogP contribution in [-0.2, 0) is 6.54 Å². The number of aromatic nitrogens is 2. The summed E-state index contributed by atoms with van der Waals surface area (Å²) in [4.78, 5) is 23.7. The lowest BCUT2D eigenvalue weighted by atomic mass is 10.00. The third-order valence-corrected chi connectivity index (χ3v) is 6.23. The highest BCUT2D eigenvalue weighted by molar-refractivity contribution is 6.05. The Kier molecular flexibility index (Phi) is 5.26. The minimum Gasteiger partial charge on any atom is -0.371 e. The Morgan fingerprint density at radius 1 is 1.06 bits per heavy atom. The van der Waals surface area contributed by atoms with Crippen molar-refractivity contribution >= 4 is 23.1 Å². The Morgan fingerprint density at radius 2 is 1.81 bits per heavy atom. The second-order valence-corrected chi connectivity index (χ2v) is 8.01. The molecule has 0 spiro atoms. The SMILES string of the molecule is CNC1CCN(c2ccc(Nc3ncc(-c4ccncc4)c4c3C(=O)NC4)cc2)CC1. The van der Waals surface area contributed by atoms with E-state index in [1.165, 1.54) is 5.69 Å². The molecule has 3 N–H and O–H groups in total. The molecule has 0 radical (unpaired) electrons. The van der Waals surface area contributed by atoms with Crippen LogP contribution < -0.4 is 20.9 Å². The van der Waals surface area contributed by atoms with Gasteiger partial charge >= 0.3 is 0 Å². The van der Waals surface area contributed by atoms with E-state index in [2.05, 4.69) is 55.1 Å². The van der Waals surface area contributed by atoms with E-state index in [4.69, 9.17) is 0 Å². The molecule has 1 fully saturated rings. The Balaban J connectivity index is 1.37. The van der Waals surface area contributed by atoms with Gasteiger partial charge in [-0.05, 0) is 67.4 Å². The quantitative estimate of drug-likeness (QED) is 0.594. The monoisotopic (exact) mass is 414 g/mol. The van der Waals surface area contributed by atoms with Crippen LogP contribution in [0, 0.1) is 0 Å². The number of nitrogens with one attached hydrogen (secondary N) is 3. The summed E-state index contributed by atoms with van der Waals surface area (Å²) in [5, 5.41) is 9.65. The molecule has 1 saturated heterocycles. The molecule has 3 aromatic rings. The zero-order valence-electron chi connectivity index (χ0n) is 17.6. The number of piperidine rings is 1. The van der Waals surface area contributed by atoms with Gasteiger partial charge in [-0.15, -0.1) is 0 Å². The zero-order chi connectivity index (χ0) is 21.2. The summed E-state index contributed by atoms with van der Waals surface area (Å²) in [5.41, 5.74) is 5.70. The van der Waals surface area contributed by atoms with Gasteiger partial charge in [0, 0.05) is 61.2 Å². The fourth-order valence-corrected chi connectivity index (χ4v) is 4.43. The topological polar surface area (TPSA) is 82.2 Å². The van der Waals surface area contributed by atoms with E-state index >= 15 is 0 Å². The first-order valence-electron chi connectivity index (χ1n) is 10.7. The number of amides is 1. The van der Waals surface area contributed by atoms with E-state index in [0.717, 1.165) is 48.3 Å². The van der Waals surface area contributed by atoms with Gasteiger partial charge in [0.15, 0.2) is 0 Å². The van der Waals surface area contributed by atoms with Gasteiger partial charge in [0.2, 0.25) is 0 Å². The predicted molar refractivity (Wildman–Crippen MR) is 123 cm³/mol. The zero-order valence-corrected chi connectivity index (χ0v) is 17.6. The van der Waals surface area contributed by atoms with Crippen LogP contribution in [0.3, 0.4) is 0 Å². The molecule has 7 heteroatoms. The molecule has 158 valence electrons. The predicted octanol–water partition coefficient (Wildman–Crippen LogP) is 3.32. The fourth-order valence-electron chi connectivity index (χ4n) is 4.43. The van der Waals surface area contributed by atoms with Crippen LogP contribution in [0.15, 0.2) is 55.0 Å². The molecule has 2 aromatic heterocycles. The molecule has 1 amide bonds. The minimum atomic E-state index is -0.0927. The van der Waals surface area contributed by atoms with Gasteiger partial charge in [0.25, 0.3) is 5.91 Å². The molecule has 7 nitrogen and oxygen atoms in total. The van der Waals surface area contributed by atoms with Crippen LogP contribution in [0.2, 0.25) is 0 Å². The number of fused-ring (bicyclic) bond motifs is 1. The van der Waals surface area contributed by atoms with Crippen molar-refractivity contribution in [2.45, 2.75) is 25.4 Å². The van der Waals surface area contributed by atoms with Crippen molar-refractivity contribution in [3.8, 4) is 11.1 Å². The van der Waals surface area contributed by atoms with Crippen LogP contribution in [0.4, 0.5) is 17.2 Å². The largest absolute Gasteiger partial charge is 0.371 e. The highest BCUT2D eigenvalue weighted by atomic mass is 16.1. The average Bonchev–Trinajstić information content (AvgIpc) is 3.22. The standard InChI is InChI=1S/C24H26N6O/c1-25-17-8-12-30(13-9-17)19-4-2-18(3-5-19)29-23-22-21(15-28-24(22)31)20(14-27-23)16-6-10-26-11-7-16/h2-7,10-11,14,17,25H,8-9,12-13,15H2,1H3,(H,27,29)(H,28,31). The molecule has 31 heavy (non-hydrogen) atoms. The lowest BCUT2D eigenvalue weighted by Gasteiger charge is -2.33. The molecular weight excluding hydrogens is 388 g/mol. The second-order valence-electron chi connectivity index (χ2n) is 8.01. The molecule has 2 aliphatic heterocycles. The lowest BCUT2D eigenvalue weighted by Crippen LogP contribution is -2.41. The number of nitrogens with zero attached hydrogens (tertiary/aromatic N) is 3. The van der Waals surface area contributed by atoms with E-state index in [0.29, 0.717) is 24.0 Å². The number of carbonyl (C=O) groups is 1. The van der Waals surface area contributed by atoms with Gasteiger partial charge in [-0.2, -0.15) is 0 Å². The average molecular weight is 415 g/mol. The maximum Gasteiger partial charge on any atom is 0.255 e. The number of anilines is 3. The van der Waals surface area contributed by atoms with Gasteiger partial charge in [-0.1, -0.05) is 0 Å². The molecule has 2 aliphatic rings. The normalized spacial score (nSPS) is 16.2. The van der Waals surface area contributed by atoms with Crippen LogP contribution in [-0.4, -0.2) is 42.1 Å². The first-order valence-corrected chi connectivity index (χ1v) is 10.7.